The van der Waals surface area contributed by atoms with E-state index in [1.807, 2.05) is 0 Å². The summed E-state index contributed by atoms with van der Waals surface area (Å²) < 4.78 is 10.2. The van der Waals surface area contributed by atoms with Crippen molar-refractivity contribution in [1.29, 1.82) is 0 Å². The van der Waals surface area contributed by atoms with Crippen molar-refractivity contribution >= 4 is 11.8 Å². The van der Waals surface area contributed by atoms with Crippen molar-refractivity contribution in [3.63, 3.8) is 0 Å². The Balaban J connectivity index is 1.72. The molecular formula is C14H20N2O4. The van der Waals surface area contributed by atoms with E-state index in [-0.39, 0.29) is 11.8 Å². The number of ether oxygens (including phenoxy) is 1. The van der Waals surface area contributed by atoms with Gasteiger partial charge in [-0.3, -0.25) is 9.59 Å². The van der Waals surface area contributed by atoms with Gasteiger partial charge < -0.3 is 19.8 Å². The summed E-state index contributed by atoms with van der Waals surface area (Å²) in [5.41, 5.74) is 0.408. The molecule has 1 aliphatic heterocycles. The second-order valence-electron chi connectivity index (χ2n) is 5.04. The largest absolute Gasteiger partial charge is 0.472 e. The summed E-state index contributed by atoms with van der Waals surface area (Å²) in [7, 11) is 0. The van der Waals surface area contributed by atoms with Crippen LogP contribution in [-0.2, 0) is 9.53 Å². The molecule has 110 valence electrons. The van der Waals surface area contributed by atoms with Gasteiger partial charge in [-0.25, -0.2) is 0 Å². The molecule has 2 amide bonds. The first-order valence-electron chi connectivity index (χ1n) is 6.85. The van der Waals surface area contributed by atoms with Crippen LogP contribution in [0.4, 0.5) is 0 Å². The molecule has 20 heavy (non-hydrogen) atoms. The van der Waals surface area contributed by atoms with Crippen molar-refractivity contribution in [2.24, 2.45) is 5.92 Å². The SMILES string of the molecule is C[C@H](NC(=O)c1ccoc1)C(=O)NC[C@@H]1CCCOC1. The molecule has 0 radical (unpaired) electrons. The number of hydrogen-bond donors (Lipinski definition) is 2. The molecule has 6 heteroatoms. The van der Waals surface area contributed by atoms with Gasteiger partial charge in [-0.1, -0.05) is 0 Å². The van der Waals surface area contributed by atoms with Gasteiger partial charge in [-0.2, -0.15) is 0 Å². The molecule has 2 atom stereocenters. The molecule has 0 unspecified atom stereocenters. The third-order valence-corrected chi connectivity index (χ3v) is 3.34. The fourth-order valence-electron chi connectivity index (χ4n) is 2.11. The van der Waals surface area contributed by atoms with Gasteiger partial charge in [-0.15, -0.1) is 0 Å². The Bertz CT molecular complexity index is 438. The van der Waals surface area contributed by atoms with E-state index in [0.717, 1.165) is 19.4 Å². The van der Waals surface area contributed by atoms with Crippen LogP contribution in [0.5, 0.6) is 0 Å². The standard InChI is InChI=1S/C14H20N2O4/c1-10(16-14(18)12-4-6-20-9-12)13(17)15-7-11-3-2-5-19-8-11/h4,6,9-11H,2-3,5,7-8H2,1H3,(H,15,17)(H,16,18)/t10-,11-/m0/s1. The zero-order chi connectivity index (χ0) is 14.4. The van der Waals surface area contributed by atoms with Crippen LogP contribution in [0.3, 0.4) is 0 Å². The summed E-state index contributed by atoms with van der Waals surface area (Å²) in [6, 6.07) is 0.973. The van der Waals surface area contributed by atoms with E-state index in [1.165, 1.54) is 12.5 Å². The number of furan rings is 1. The van der Waals surface area contributed by atoms with Crippen molar-refractivity contribution in [1.82, 2.24) is 10.6 Å². The van der Waals surface area contributed by atoms with Gasteiger partial charge in [0.1, 0.15) is 12.3 Å². The zero-order valence-electron chi connectivity index (χ0n) is 11.6. The average molecular weight is 280 g/mol. The highest BCUT2D eigenvalue weighted by Gasteiger charge is 2.19. The third kappa shape index (κ3) is 4.09. The van der Waals surface area contributed by atoms with E-state index >= 15 is 0 Å². The lowest BCUT2D eigenvalue weighted by atomic mass is 10.0. The zero-order valence-corrected chi connectivity index (χ0v) is 11.6. The van der Waals surface area contributed by atoms with Gasteiger partial charge in [0, 0.05) is 13.2 Å². The summed E-state index contributed by atoms with van der Waals surface area (Å²) in [6.07, 6.45) is 4.87. The normalized spacial score (nSPS) is 20.1. The maximum Gasteiger partial charge on any atom is 0.255 e. The van der Waals surface area contributed by atoms with Crippen LogP contribution in [-0.4, -0.2) is 37.6 Å². The van der Waals surface area contributed by atoms with Gasteiger partial charge in [0.05, 0.1) is 18.4 Å². The molecule has 0 aromatic carbocycles. The predicted molar refractivity (Wildman–Crippen MR) is 72.2 cm³/mol. The highest BCUT2D eigenvalue weighted by atomic mass is 16.5. The number of carbonyl (C=O) groups is 2. The molecule has 2 rings (SSSR count). The lowest BCUT2D eigenvalue weighted by Crippen LogP contribution is -2.46. The molecule has 0 spiro atoms. The van der Waals surface area contributed by atoms with E-state index in [9.17, 15) is 9.59 Å². The van der Waals surface area contributed by atoms with Crippen LogP contribution in [0.2, 0.25) is 0 Å². The first kappa shape index (κ1) is 14.6. The lowest BCUT2D eigenvalue weighted by Gasteiger charge is -2.23. The summed E-state index contributed by atoms with van der Waals surface area (Å²) in [5, 5.41) is 5.47. The minimum atomic E-state index is -0.582. The minimum absolute atomic E-state index is 0.188. The summed E-state index contributed by atoms with van der Waals surface area (Å²) >= 11 is 0. The van der Waals surface area contributed by atoms with Crippen LogP contribution in [0.15, 0.2) is 23.0 Å². The first-order valence-corrected chi connectivity index (χ1v) is 6.85. The predicted octanol–water partition coefficient (Wildman–Crippen LogP) is 0.941. The van der Waals surface area contributed by atoms with Gasteiger partial charge in [0.15, 0.2) is 0 Å². The fourth-order valence-corrected chi connectivity index (χ4v) is 2.11. The Labute approximate surface area is 117 Å². The molecule has 0 saturated carbocycles. The number of rotatable bonds is 5. The molecule has 2 N–H and O–H groups in total. The second-order valence-corrected chi connectivity index (χ2v) is 5.04. The molecule has 1 aromatic heterocycles. The molecule has 2 heterocycles. The van der Waals surface area contributed by atoms with Gasteiger partial charge >= 0.3 is 0 Å². The molecule has 6 nitrogen and oxygen atoms in total. The highest BCUT2D eigenvalue weighted by Crippen LogP contribution is 2.12. The Hall–Kier alpha value is -1.82. The molecule has 1 fully saturated rings. The Kier molecular flexibility index (Phi) is 5.17. The molecule has 0 aliphatic carbocycles. The topological polar surface area (TPSA) is 80.6 Å². The smallest absolute Gasteiger partial charge is 0.255 e. The Morgan fingerprint density at radius 3 is 3.00 bits per heavy atom. The van der Waals surface area contributed by atoms with Crippen molar-refractivity contribution in [2.75, 3.05) is 19.8 Å². The van der Waals surface area contributed by atoms with Crippen LogP contribution >= 0.6 is 0 Å². The van der Waals surface area contributed by atoms with Gasteiger partial charge in [0.25, 0.3) is 5.91 Å². The highest BCUT2D eigenvalue weighted by molar-refractivity contribution is 5.97. The average Bonchev–Trinajstić information content (AvgIpc) is 3.00. The van der Waals surface area contributed by atoms with Gasteiger partial charge in [-0.05, 0) is 31.7 Å². The third-order valence-electron chi connectivity index (χ3n) is 3.34. The van der Waals surface area contributed by atoms with Crippen LogP contribution in [0, 0.1) is 5.92 Å². The molecular weight excluding hydrogens is 260 g/mol. The first-order chi connectivity index (χ1) is 9.66. The van der Waals surface area contributed by atoms with Crippen molar-refractivity contribution < 1.29 is 18.7 Å². The summed E-state index contributed by atoms with van der Waals surface area (Å²) in [6.45, 7) is 3.74. The lowest BCUT2D eigenvalue weighted by molar-refractivity contribution is -0.123. The number of carbonyl (C=O) groups excluding carboxylic acids is 2. The molecule has 0 bridgehead atoms. The van der Waals surface area contributed by atoms with E-state index < -0.39 is 6.04 Å². The molecule has 1 saturated heterocycles. The van der Waals surface area contributed by atoms with E-state index in [2.05, 4.69) is 10.6 Å². The fraction of sp³-hybridized carbons (Fsp3) is 0.571. The number of hydrogen-bond acceptors (Lipinski definition) is 4. The van der Waals surface area contributed by atoms with Crippen LogP contribution in [0.25, 0.3) is 0 Å². The maximum atomic E-state index is 11.9. The van der Waals surface area contributed by atoms with E-state index in [4.69, 9.17) is 9.15 Å². The summed E-state index contributed by atoms with van der Waals surface area (Å²) in [5.74, 6) is -0.140. The molecule has 1 aliphatic rings. The van der Waals surface area contributed by atoms with E-state index in [0.29, 0.717) is 24.6 Å². The van der Waals surface area contributed by atoms with Crippen molar-refractivity contribution in [3.05, 3.63) is 24.2 Å². The Morgan fingerprint density at radius 2 is 2.35 bits per heavy atom. The second kappa shape index (κ2) is 7.09. The van der Waals surface area contributed by atoms with E-state index in [1.54, 1.807) is 13.0 Å². The van der Waals surface area contributed by atoms with Crippen LogP contribution < -0.4 is 10.6 Å². The summed E-state index contributed by atoms with van der Waals surface area (Å²) in [4.78, 5) is 23.7. The molecule has 1 aromatic rings. The van der Waals surface area contributed by atoms with Crippen molar-refractivity contribution in [3.8, 4) is 0 Å². The Morgan fingerprint density at radius 1 is 1.50 bits per heavy atom. The monoisotopic (exact) mass is 280 g/mol. The number of amides is 2. The number of nitrogens with one attached hydrogen (secondary N) is 2. The maximum absolute atomic E-state index is 11.9. The minimum Gasteiger partial charge on any atom is -0.472 e. The van der Waals surface area contributed by atoms with Gasteiger partial charge in [0.2, 0.25) is 5.91 Å². The quantitative estimate of drug-likeness (QED) is 0.841. The van der Waals surface area contributed by atoms with Crippen LogP contribution in [0.1, 0.15) is 30.1 Å². The van der Waals surface area contributed by atoms with Crippen molar-refractivity contribution in [2.45, 2.75) is 25.8 Å².